The smallest absolute Gasteiger partial charge is 0.231 e. The van der Waals surface area contributed by atoms with E-state index in [0.29, 0.717) is 41.4 Å². The van der Waals surface area contributed by atoms with E-state index in [1.54, 1.807) is 19.2 Å². The molecule has 0 atom stereocenters. The molecule has 1 aliphatic heterocycles. The SMILES string of the molecule is CCOc1ccc(C(=O)C(=Cc2cc3c(cc2OC)OCO3)CC)cc1N(C)C. The Morgan fingerprint density at radius 2 is 1.83 bits per heavy atom. The minimum absolute atomic E-state index is 0.0293. The number of ether oxygens (including phenoxy) is 4. The fourth-order valence-corrected chi connectivity index (χ4v) is 3.22. The van der Waals surface area contributed by atoms with E-state index in [-0.39, 0.29) is 12.6 Å². The molecule has 0 unspecified atom stereocenters. The number of benzene rings is 2. The Balaban J connectivity index is 1.98. The van der Waals surface area contributed by atoms with Crippen molar-refractivity contribution in [1.29, 1.82) is 0 Å². The Morgan fingerprint density at radius 1 is 1.10 bits per heavy atom. The van der Waals surface area contributed by atoms with E-state index in [0.717, 1.165) is 17.0 Å². The fourth-order valence-electron chi connectivity index (χ4n) is 3.22. The number of carbonyl (C=O) groups excluding carboxylic acids is 1. The lowest BCUT2D eigenvalue weighted by atomic mass is 9.98. The molecule has 0 radical (unpaired) electrons. The second-order valence-corrected chi connectivity index (χ2v) is 6.81. The van der Waals surface area contributed by atoms with Crippen LogP contribution in [0, 0.1) is 0 Å². The highest BCUT2D eigenvalue weighted by atomic mass is 16.7. The van der Waals surface area contributed by atoms with Crippen LogP contribution in [0.4, 0.5) is 5.69 Å². The standard InChI is InChI=1S/C23H27NO5/c1-6-15(10-17-12-21-22(29-14-28-21)13-20(17)26-5)23(25)16-8-9-19(27-7-2)18(11-16)24(3)4/h8-13H,6-7,14H2,1-5H3. The van der Waals surface area contributed by atoms with Crippen molar-refractivity contribution >= 4 is 17.5 Å². The number of ketones is 1. The van der Waals surface area contributed by atoms with Crippen LogP contribution >= 0.6 is 0 Å². The summed E-state index contributed by atoms with van der Waals surface area (Å²) >= 11 is 0. The number of carbonyl (C=O) groups is 1. The fraction of sp³-hybridized carbons (Fsp3) is 0.348. The van der Waals surface area contributed by atoms with Gasteiger partial charge in [-0.3, -0.25) is 4.79 Å². The Kier molecular flexibility index (Phi) is 6.32. The first-order valence-corrected chi connectivity index (χ1v) is 9.65. The molecule has 6 nitrogen and oxygen atoms in total. The number of methoxy groups -OCH3 is 1. The lowest BCUT2D eigenvalue weighted by Gasteiger charge is -2.18. The lowest BCUT2D eigenvalue weighted by molar-refractivity contribution is 0.103. The van der Waals surface area contributed by atoms with Crippen molar-refractivity contribution in [2.24, 2.45) is 0 Å². The molecular formula is C23H27NO5. The monoisotopic (exact) mass is 397 g/mol. The van der Waals surface area contributed by atoms with Crippen LogP contribution < -0.4 is 23.8 Å². The normalized spacial score (nSPS) is 12.7. The molecule has 0 spiro atoms. The van der Waals surface area contributed by atoms with Crippen molar-refractivity contribution in [3.05, 3.63) is 47.0 Å². The summed E-state index contributed by atoms with van der Waals surface area (Å²) in [6.45, 7) is 4.66. The number of hydrogen-bond donors (Lipinski definition) is 0. The maximum absolute atomic E-state index is 13.2. The van der Waals surface area contributed by atoms with Crippen molar-refractivity contribution in [2.45, 2.75) is 20.3 Å². The number of Topliss-reactive ketones (excluding diaryl/α,β-unsaturated/α-hetero) is 1. The molecule has 0 N–H and O–H groups in total. The topological polar surface area (TPSA) is 57.2 Å². The zero-order chi connectivity index (χ0) is 21.0. The van der Waals surface area contributed by atoms with Crippen LogP contribution in [0.5, 0.6) is 23.0 Å². The Bertz CT molecular complexity index is 933. The third-order valence-electron chi connectivity index (χ3n) is 4.73. The van der Waals surface area contributed by atoms with Crippen LogP contribution in [-0.4, -0.2) is 40.4 Å². The Morgan fingerprint density at radius 3 is 2.45 bits per heavy atom. The molecule has 1 aliphatic rings. The van der Waals surface area contributed by atoms with E-state index >= 15 is 0 Å². The molecule has 0 aliphatic carbocycles. The van der Waals surface area contributed by atoms with Gasteiger partial charge in [-0.05, 0) is 43.7 Å². The molecule has 2 aromatic rings. The highest BCUT2D eigenvalue weighted by Gasteiger charge is 2.19. The summed E-state index contributed by atoms with van der Waals surface area (Å²) in [4.78, 5) is 15.2. The molecular weight excluding hydrogens is 370 g/mol. The summed E-state index contributed by atoms with van der Waals surface area (Å²) < 4.78 is 22.0. The van der Waals surface area contributed by atoms with E-state index in [1.807, 2.05) is 57.1 Å². The number of anilines is 1. The average molecular weight is 397 g/mol. The second-order valence-electron chi connectivity index (χ2n) is 6.81. The highest BCUT2D eigenvalue weighted by Crippen LogP contribution is 2.39. The zero-order valence-electron chi connectivity index (χ0n) is 17.6. The van der Waals surface area contributed by atoms with Crippen molar-refractivity contribution < 1.29 is 23.7 Å². The number of rotatable bonds is 8. The molecule has 154 valence electrons. The summed E-state index contributed by atoms with van der Waals surface area (Å²) in [7, 11) is 5.46. The van der Waals surface area contributed by atoms with E-state index in [2.05, 4.69) is 0 Å². The molecule has 0 saturated carbocycles. The van der Waals surface area contributed by atoms with Crippen LogP contribution in [0.1, 0.15) is 36.2 Å². The minimum Gasteiger partial charge on any atom is -0.496 e. The van der Waals surface area contributed by atoms with Crippen LogP contribution in [-0.2, 0) is 0 Å². The van der Waals surface area contributed by atoms with Gasteiger partial charge in [-0.1, -0.05) is 6.92 Å². The molecule has 1 heterocycles. The number of nitrogens with zero attached hydrogens (tertiary/aromatic N) is 1. The van der Waals surface area contributed by atoms with Gasteiger partial charge in [0.05, 0.1) is 19.4 Å². The van der Waals surface area contributed by atoms with Crippen LogP contribution in [0.2, 0.25) is 0 Å². The van der Waals surface area contributed by atoms with Gasteiger partial charge in [-0.15, -0.1) is 0 Å². The Hall–Kier alpha value is -3.15. The van der Waals surface area contributed by atoms with Gasteiger partial charge in [-0.25, -0.2) is 0 Å². The van der Waals surface area contributed by atoms with Crippen molar-refractivity contribution in [3.8, 4) is 23.0 Å². The first-order chi connectivity index (χ1) is 14.0. The van der Waals surface area contributed by atoms with Gasteiger partial charge in [0.2, 0.25) is 6.79 Å². The molecule has 2 aromatic carbocycles. The molecule has 0 amide bonds. The summed E-state index contributed by atoms with van der Waals surface area (Å²) in [6, 6.07) is 9.15. The first-order valence-electron chi connectivity index (χ1n) is 9.65. The van der Waals surface area contributed by atoms with Crippen LogP contribution in [0.25, 0.3) is 6.08 Å². The summed E-state index contributed by atoms with van der Waals surface area (Å²) in [5.74, 6) is 2.65. The number of hydrogen-bond acceptors (Lipinski definition) is 6. The molecule has 0 saturated heterocycles. The molecule has 3 rings (SSSR count). The molecule has 0 aromatic heterocycles. The van der Waals surface area contributed by atoms with Crippen LogP contribution in [0.3, 0.4) is 0 Å². The number of fused-ring (bicyclic) bond motifs is 1. The maximum Gasteiger partial charge on any atom is 0.231 e. The Labute approximate surface area is 171 Å². The number of allylic oxidation sites excluding steroid dienone is 1. The van der Waals surface area contributed by atoms with E-state index < -0.39 is 0 Å². The van der Waals surface area contributed by atoms with Gasteiger partial charge >= 0.3 is 0 Å². The van der Waals surface area contributed by atoms with E-state index in [4.69, 9.17) is 18.9 Å². The molecule has 0 fully saturated rings. The van der Waals surface area contributed by atoms with Gasteiger partial charge < -0.3 is 23.8 Å². The van der Waals surface area contributed by atoms with Crippen molar-refractivity contribution in [2.75, 3.05) is 39.5 Å². The summed E-state index contributed by atoms with van der Waals surface area (Å²) in [5.41, 5.74) is 2.94. The maximum atomic E-state index is 13.2. The molecule has 6 heteroatoms. The van der Waals surface area contributed by atoms with Crippen molar-refractivity contribution in [3.63, 3.8) is 0 Å². The lowest BCUT2D eigenvalue weighted by Crippen LogP contribution is -2.12. The second kappa shape index (κ2) is 8.90. The zero-order valence-corrected chi connectivity index (χ0v) is 17.6. The first kappa shape index (κ1) is 20.6. The van der Waals surface area contributed by atoms with E-state index in [1.165, 1.54) is 0 Å². The van der Waals surface area contributed by atoms with Crippen LogP contribution in [0.15, 0.2) is 35.9 Å². The van der Waals surface area contributed by atoms with Gasteiger partial charge in [0, 0.05) is 36.9 Å². The molecule has 29 heavy (non-hydrogen) atoms. The summed E-state index contributed by atoms with van der Waals surface area (Å²) in [6.07, 6.45) is 2.44. The van der Waals surface area contributed by atoms with Gasteiger partial charge in [0.25, 0.3) is 0 Å². The van der Waals surface area contributed by atoms with Gasteiger partial charge in [0.1, 0.15) is 11.5 Å². The van der Waals surface area contributed by atoms with E-state index in [9.17, 15) is 4.79 Å². The third kappa shape index (κ3) is 4.31. The largest absolute Gasteiger partial charge is 0.496 e. The predicted molar refractivity (Wildman–Crippen MR) is 114 cm³/mol. The molecule has 0 bridgehead atoms. The predicted octanol–water partition coefficient (Wildman–Crippen LogP) is 4.56. The quantitative estimate of drug-likeness (QED) is 0.481. The summed E-state index contributed by atoms with van der Waals surface area (Å²) in [5, 5.41) is 0. The third-order valence-corrected chi connectivity index (χ3v) is 4.73. The highest BCUT2D eigenvalue weighted by molar-refractivity contribution is 6.12. The van der Waals surface area contributed by atoms with Gasteiger partial charge in [-0.2, -0.15) is 0 Å². The van der Waals surface area contributed by atoms with Crippen molar-refractivity contribution in [1.82, 2.24) is 0 Å². The minimum atomic E-state index is -0.0293. The van der Waals surface area contributed by atoms with Gasteiger partial charge in [0.15, 0.2) is 17.3 Å². The average Bonchev–Trinajstić information content (AvgIpc) is 3.18.